The number of esters is 1. The molecule has 0 radical (unpaired) electrons. The summed E-state index contributed by atoms with van der Waals surface area (Å²) in [5, 5.41) is 9.45. The van der Waals surface area contributed by atoms with Gasteiger partial charge in [0.15, 0.2) is 6.61 Å². The highest BCUT2D eigenvalue weighted by Crippen LogP contribution is 2.37. The Labute approximate surface area is 144 Å². The normalized spacial score (nSPS) is 14.4. The number of carbonyl (C=O) groups excluding carboxylic acids is 1. The summed E-state index contributed by atoms with van der Waals surface area (Å²) in [5.41, 5.74) is 3.96. The SMILES string of the molecule is N#CCOC(=O)c1c2c(nc3ccccc13)/C(=C\c1ccco1)CC2. The fraction of sp³-hybridized carbons (Fsp3) is 0.150. The van der Waals surface area contributed by atoms with Crippen LogP contribution in [-0.4, -0.2) is 17.6 Å². The van der Waals surface area contributed by atoms with Crippen molar-refractivity contribution >= 4 is 28.5 Å². The Bertz CT molecular complexity index is 1030. The number of nitrogens with zero attached hydrogens (tertiary/aromatic N) is 2. The molecule has 0 fully saturated rings. The molecule has 1 aromatic carbocycles. The van der Waals surface area contributed by atoms with Crippen molar-refractivity contribution in [1.29, 1.82) is 5.26 Å². The lowest BCUT2D eigenvalue weighted by Crippen LogP contribution is -2.10. The van der Waals surface area contributed by atoms with Gasteiger partial charge in [-0.2, -0.15) is 5.26 Å². The molecule has 2 heterocycles. The maximum Gasteiger partial charge on any atom is 0.340 e. The number of ether oxygens (including phenoxy) is 1. The number of rotatable bonds is 3. The first-order chi connectivity index (χ1) is 12.3. The van der Waals surface area contributed by atoms with Crippen LogP contribution in [0.3, 0.4) is 0 Å². The van der Waals surface area contributed by atoms with Crippen LogP contribution in [0.15, 0.2) is 47.1 Å². The van der Waals surface area contributed by atoms with E-state index in [1.807, 2.05) is 48.5 Å². The van der Waals surface area contributed by atoms with Crippen LogP contribution in [0.1, 0.15) is 33.8 Å². The number of carbonyl (C=O) groups is 1. The van der Waals surface area contributed by atoms with Crippen LogP contribution in [0.2, 0.25) is 0 Å². The van der Waals surface area contributed by atoms with Crippen LogP contribution in [0.4, 0.5) is 0 Å². The van der Waals surface area contributed by atoms with Crippen molar-refractivity contribution in [2.24, 2.45) is 0 Å². The molecular formula is C20H14N2O3. The summed E-state index contributed by atoms with van der Waals surface area (Å²) in [4.78, 5) is 17.3. The van der Waals surface area contributed by atoms with Gasteiger partial charge in [-0.1, -0.05) is 18.2 Å². The van der Waals surface area contributed by atoms with Crippen LogP contribution in [0, 0.1) is 11.3 Å². The molecule has 0 bridgehead atoms. The Morgan fingerprint density at radius 2 is 2.16 bits per heavy atom. The highest BCUT2D eigenvalue weighted by molar-refractivity contribution is 6.07. The third-order valence-electron chi connectivity index (χ3n) is 4.27. The van der Waals surface area contributed by atoms with Crippen molar-refractivity contribution in [3.8, 4) is 6.07 Å². The first-order valence-corrected chi connectivity index (χ1v) is 7.98. The fourth-order valence-electron chi connectivity index (χ4n) is 3.23. The Kier molecular flexibility index (Phi) is 3.79. The summed E-state index contributed by atoms with van der Waals surface area (Å²) in [5.74, 6) is 0.280. The number of hydrogen-bond donors (Lipinski definition) is 0. The number of benzene rings is 1. The minimum atomic E-state index is -0.476. The molecule has 0 atom stereocenters. The molecule has 5 nitrogen and oxygen atoms in total. The molecule has 4 rings (SSSR count). The zero-order valence-corrected chi connectivity index (χ0v) is 13.4. The van der Waals surface area contributed by atoms with Crippen LogP contribution < -0.4 is 0 Å². The van der Waals surface area contributed by atoms with Gasteiger partial charge in [-0.05, 0) is 48.3 Å². The minimum absolute atomic E-state index is 0.265. The first kappa shape index (κ1) is 15.2. The largest absolute Gasteiger partial charge is 0.465 e. The van der Waals surface area contributed by atoms with E-state index in [1.165, 1.54) is 0 Å². The van der Waals surface area contributed by atoms with Crippen LogP contribution in [0.25, 0.3) is 22.6 Å². The number of para-hydroxylation sites is 1. The maximum absolute atomic E-state index is 12.6. The van der Waals surface area contributed by atoms with Gasteiger partial charge in [0.05, 0.1) is 23.0 Å². The molecule has 122 valence electrons. The quantitative estimate of drug-likeness (QED) is 0.679. The van der Waals surface area contributed by atoms with Crippen molar-refractivity contribution in [2.45, 2.75) is 12.8 Å². The highest BCUT2D eigenvalue weighted by atomic mass is 16.5. The first-order valence-electron chi connectivity index (χ1n) is 7.98. The molecule has 1 aliphatic rings. The molecule has 0 amide bonds. The molecule has 0 N–H and O–H groups in total. The van der Waals surface area contributed by atoms with Gasteiger partial charge in [-0.15, -0.1) is 0 Å². The second-order valence-corrected chi connectivity index (χ2v) is 5.75. The number of allylic oxidation sites excluding steroid dienone is 1. The molecule has 2 aromatic heterocycles. The zero-order valence-electron chi connectivity index (χ0n) is 13.4. The van der Waals surface area contributed by atoms with Gasteiger partial charge in [0.1, 0.15) is 11.8 Å². The van der Waals surface area contributed by atoms with E-state index in [1.54, 1.807) is 6.26 Å². The van der Waals surface area contributed by atoms with Crippen LogP contribution in [0.5, 0.6) is 0 Å². The number of hydrogen-bond acceptors (Lipinski definition) is 5. The zero-order chi connectivity index (χ0) is 17.2. The molecule has 0 aliphatic heterocycles. The average molecular weight is 330 g/mol. The molecule has 0 unspecified atom stereocenters. The van der Waals surface area contributed by atoms with Gasteiger partial charge >= 0.3 is 5.97 Å². The second-order valence-electron chi connectivity index (χ2n) is 5.75. The Morgan fingerprint density at radius 3 is 2.96 bits per heavy atom. The summed E-state index contributed by atoms with van der Waals surface area (Å²) in [6, 6.07) is 13.0. The lowest BCUT2D eigenvalue weighted by molar-refractivity contribution is 0.0556. The molecule has 1 aliphatic carbocycles. The van der Waals surface area contributed by atoms with Gasteiger partial charge in [0.2, 0.25) is 0 Å². The summed E-state index contributed by atoms with van der Waals surface area (Å²) in [6.45, 7) is -0.265. The third-order valence-corrected chi connectivity index (χ3v) is 4.27. The Morgan fingerprint density at radius 1 is 1.28 bits per heavy atom. The van der Waals surface area contributed by atoms with E-state index in [9.17, 15) is 4.79 Å². The van der Waals surface area contributed by atoms with Crippen LogP contribution in [-0.2, 0) is 11.2 Å². The highest BCUT2D eigenvalue weighted by Gasteiger charge is 2.27. The molecule has 3 aromatic rings. The van der Waals surface area contributed by atoms with Crippen molar-refractivity contribution in [3.63, 3.8) is 0 Å². The van der Waals surface area contributed by atoms with E-state index in [0.29, 0.717) is 12.0 Å². The standard InChI is InChI=1S/C20H14N2O3/c21-9-11-25-20(23)18-15-5-1-2-6-17(15)22-19-13(7-8-16(18)19)12-14-4-3-10-24-14/h1-6,10,12H,7-8,11H2/b13-12-. The van der Waals surface area contributed by atoms with Crippen LogP contribution >= 0.6 is 0 Å². The lowest BCUT2D eigenvalue weighted by atomic mass is 10.0. The Balaban J connectivity index is 1.90. The third kappa shape index (κ3) is 2.68. The average Bonchev–Trinajstić information content (AvgIpc) is 3.28. The van der Waals surface area contributed by atoms with E-state index >= 15 is 0 Å². The molecule has 0 spiro atoms. The molecule has 25 heavy (non-hydrogen) atoms. The van der Waals surface area contributed by atoms with E-state index in [4.69, 9.17) is 19.4 Å². The minimum Gasteiger partial charge on any atom is -0.465 e. The number of pyridine rings is 1. The lowest BCUT2D eigenvalue weighted by Gasteiger charge is -2.11. The number of furan rings is 1. The van der Waals surface area contributed by atoms with Crippen molar-refractivity contribution < 1.29 is 13.9 Å². The second kappa shape index (κ2) is 6.25. The van der Waals surface area contributed by atoms with Crippen molar-refractivity contribution in [2.75, 3.05) is 6.61 Å². The number of aromatic nitrogens is 1. The maximum atomic E-state index is 12.6. The molecule has 5 heteroatoms. The van der Waals surface area contributed by atoms with Gasteiger partial charge < -0.3 is 9.15 Å². The topological polar surface area (TPSA) is 76.1 Å². The van der Waals surface area contributed by atoms with E-state index in [0.717, 1.165) is 39.9 Å². The summed E-state index contributed by atoms with van der Waals surface area (Å²) >= 11 is 0. The van der Waals surface area contributed by atoms with Gasteiger partial charge in [0, 0.05) is 5.39 Å². The predicted molar refractivity (Wildman–Crippen MR) is 92.5 cm³/mol. The smallest absolute Gasteiger partial charge is 0.340 e. The number of fused-ring (bicyclic) bond motifs is 2. The monoisotopic (exact) mass is 330 g/mol. The molecule has 0 saturated heterocycles. The Hall–Kier alpha value is -3.39. The molecule has 0 saturated carbocycles. The summed E-state index contributed by atoms with van der Waals surface area (Å²) in [7, 11) is 0. The van der Waals surface area contributed by atoms with E-state index in [2.05, 4.69) is 0 Å². The predicted octanol–water partition coefficient (Wildman–Crippen LogP) is 3.99. The van der Waals surface area contributed by atoms with Gasteiger partial charge in [0.25, 0.3) is 0 Å². The van der Waals surface area contributed by atoms with Crippen molar-refractivity contribution in [3.05, 3.63) is 65.2 Å². The summed E-state index contributed by atoms with van der Waals surface area (Å²) < 4.78 is 10.5. The van der Waals surface area contributed by atoms with Gasteiger partial charge in [-0.25, -0.2) is 9.78 Å². The van der Waals surface area contributed by atoms with E-state index < -0.39 is 5.97 Å². The van der Waals surface area contributed by atoms with E-state index in [-0.39, 0.29) is 6.61 Å². The molecular weight excluding hydrogens is 316 g/mol. The van der Waals surface area contributed by atoms with Gasteiger partial charge in [-0.3, -0.25) is 0 Å². The van der Waals surface area contributed by atoms with Crippen molar-refractivity contribution in [1.82, 2.24) is 4.98 Å². The number of nitriles is 1. The summed E-state index contributed by atoms with van der Waals surface area (Å²) in [6.07, 6.45) is 5.06. The fourth-order valence-corrected chi connectivity index (χ4v) is 3.23.